The summed E-state index contributed by atoms with van der Waals surface area (Å²) in [6.07, 6.45) is 6.93. The van der Waals surface area contributed by atoms with E-state index in [0.717, 1.165) is 22.7 Å². The molecule has 0 spiro atoms. The number of terminal acetylenes is 1. The Kier molecular flexibility index (Phi) is 4.59. The lowest BCUT2D eigenvalue weighted by atomic mass is 10.2. The first-order chi connectivity index (χ1) is 8.02. The van der Waals surface area contributed by atoms with Gasteiger partial charge >= 0.3 is 0 Å². The van der Waals surface area contributed by atoms with E-state index < -0.39 is 10.0 Å². The van der Waals surface area contributed by atoms with Crippen molar-refractivity contribution in [3.63, 3.8) is 0 Å². The summed E-state index contributed by atoms with van der Waals surface area (Å²) < 4.78 is 25.4. The van der Waals surface area contributed by atoms with Crippen LogP contribution in [-0.2, 0) is 10.0 Å². The van der Waals surface area contributed by atoms with E-state index in [-0.39, 0.29) is 4.90 Å². The van der Waals surface area contributed by atoms with Gasteiger partial charge in [-0.2, -0.15) is 0 Å². The third-order valence-electron chi connectivity index (χ3n) is 2.47. The summed E-state index contributed by atoms with van der Waals surface area (Å²) in [5, 5.41) is 0. The van der Waals surface area contributed by atoms with Gasteiger partial charge in [0.05, 0.1) is 4.90 Å². The lowest BCUT2D eigenvalue weighted by Crippen LogP contribution is -2.27. The number of rotatable bonds is 5. The van der Waals surface area contributed by atoms with Crippen LogP contribution in [0.4, 0.5) is 0 Å². The summed E-state index contributed by atoms with van der Waals surface area (Å²) >= 11 is 0. The van der Waals surface area contributed by atoms with E-state index in [1.807, 2.05) is 13.8 Å². The molecular weight excluding hydrogens is 234 g/mol. The number of nitrogens with zero attached hydrogens (tertiary/aromatic N) is 1. The third-order valence-corrected chi connectivity index (χ3v) is 4.20. The van der Waals surface area contributed by atoms with Crippen molar-refractivity contribution < 1.29 is 8.42 Å². The fraction of sp³-hybridized carbons (Fsp3) is 0.385. The second-order valence-electron chi connectivity index (χ2n) is 3.87. The van der Waals surface area contributed by atoms with Crippen molar-refractivity contribution in [3.05, 3.63) is 29.8 Å². The number of unbranched alkanes of at least 4 members (excludes halogenated alkanes) is 1. The standard InChI is InChI=1S/C13H17NO2S/c1-4-6-11-14(5-2)17(15,16)13-9-7-12(3)8-10-13/h2,7-10H,4,6,11H2,1,3H3. The van der Waals surface area contributed by atoms with Gasteiger partial charge in [0.15, 0.2) is 0 Å². The maximum absolute atomic E-state index is 12.2. The second kappa shape index (κ2) is 5.74. The first-order valence-electron chi connectivity index (χ1n) is 5.58. The molecule has 0 aliphatic heterocycles. The predicted octanol–water partition coefficient (Wildman–Crippen LogP) is 2.38. The van der Waals surface area contributed by atoms with E-state index in [2.05, 4.69) is 6.04 Å². The zero-order chi connectivity index (χ0) is 12.9. The molecule has 0 atom stereocenters. The van der Waals surface area contributed by atoms with Crippen LogP contribution in [0.25, 0.3) is 0 Å². The van der Waals surface area contributed by atoms with E-state index in [4.69, 9.17) is 6.42 Å². The van der Waals surface area contributed by atoms with Gasteiger partial charge in [0.1, 0.15) is 0 Å². The molecule has 4 heteroatoms. The molecule has 0 heterocycles. The molecule has 0 N–H and O–H groups in total. The molecule has 1 aromatic carbocycles. The molecule has 3 nitrogen and oxygen atoms in total. The van der Waals surface area contributed by atoms with Crippen LogP contribution in [0.1, 0.15) is 25.3 Å². The molecule has 1 aromatic rings. The summed E-state index contributed by atoms with van der Waals surface area (Å²) in [5.41, 5.74) is 1.02. The SMILES string of the molecule is C#CN(CCCC)S(=O)(=O)c1ccc(C)cc1. The van der Waals surface area contributed by atoms with Crippen molar-refractivity contribution in [2.45, 2.75) is 31.6 Å². The zero-order valence-corrected chi connectivity index (χ0v) is 11.0. The molecule has 0 aliphatic rings. The molecule has 0 unspecified atom stereocenters. The van der Waals surface area contributed by atoms with Gasteiger partial charge in [-0.15, -0.1) is 0 Å². The minimum atomic E-state index is -3.54. The Labute approximate surface area is 104 Å². The van der Waals surface area contributed by atoms with E-state index in [1.165, 1.54) is 0 Å². The molecule has 92 valence electrons. The Morgan fingerprint density at radius 3 is 2.35 bits per heavy atom. The van der Waals surface area contributed by atoms with Gasteiger partial charge < -0.3 is 0 Å². The molecule has 0 aliphatic carbocycles. The molecule has 0 bridgehead atoms. The van der Waals surface area contributed by atoms with Gasteiger partial charge in [-0.3, -0.25) is 0 Å². The van der Waals surface area contributed by atoms with Gasteiger partial charge in [0.2, 0.25) is 0 Å². The second-order valence-corrected chi connectivity index (χ2v) is 5.74. The monoisotopic (exact) mass is 251 g/mol. The fourth-order valence-electron chi connectivity index (χ4n) is 1.39. The molecular formula is C13H17NO2S. The quantitative estimate of drug-likeness (QED) is 0.595. The van der Waals surface area contributed by atoms with Crippen molar-refractivity contribution >= 4 is 10.0 Å². The van der Waals surface area contributed by atoms with Crippen molar-refractivity contribution in [1.82, 2.24) is 4.31 Å². The Balaban J connectivity index is 3.01. The van der Waals surface area contributed by atoms with E-state index in [9.17, 15) is 8.42 Å². The summed E-state index contributed by atoms with van der Waals surface area (Å²) in [6, 6.07) is 8.93. The summed E-state index contributed by atoms with van der Waals surface area (Å²) in [5.74, 6) is 0. The van der Waals surface area contributed by atoms with E-state index in [0.29, 0.717) is 6.54 Å². The number of sulfonamides is 1. The van der Waals surface area contributed by atoms with Gasteiger partial charge in [0, 0.05) is 12.6 Å². The lowest BCUT2D eigenvalue weighted by molar-refractivity contribution is 0.500. The van der Waals surface area contributed by atoms with Crippen molar-refractivity contribution in [1.29, 1.82) is 0 Å². The van der Waals surface area contributed by atoms with Gasteiger partial charge in [0.25, 0.3) is 10.0 Å². The minimum Gasteiger partial charge on any atom is -0.225 e. The number of aryl methyl sites for hydroxylation is 1. The predicted molar refractivity (Wildman–Crippen MR) is 68.8 cm³/mol. The average molecular weight is 251 g/mol. The van der Waals surface area contributed by atoms with Crippen LogP contribution < -0.4 is 0 Å². The van der Waals surface area contributed by atoms with Crippen LogP contribution in [-0.4, -0.2) is 19.3 Å². The molecule has 1 rings (SSSR count). The molecule has 0 fully saturated rings. The lowest BCUT2D eigenvalue weighted by Gasteiger charge is -2.17. The van der Waals surface area contributed by atoms with E-state index >= 15 is 0 Å². The molecule has 0 aromatic heterocycles. The number of hydrogen-bond donors (Lipinski definition) is 0. The van der Waals surface area contributed by atoms with Crippen molar-refractivity contribution in [2.75, 3.05) is 6.54 Å². The Hall–Kier alpha value is -1.47. The maximum atomic E-state index is 12.2. The van der Waals surface area contributed by atoms with Gasteiger partial charge in [-0.05, 0) is 25.5 Å². The zero-order valence-electron chi connectivity index (χ0n) is 10.2. The summed E-state index contributed by atoms with van der Waals surface area (Å²) in [7, 11) is -3.54. The van der Waals surface area contributed by atoms with Crippen LogP contribution in [0.2, 0.25) is 0 Å². The molecule has 0 saturated heterocycles. The van der Waals surface area contributed by atoms with Gasteiger partial charge in [-0.1, -0.05) is 37.5 Å². The normalized spacial score (nSPS) is 10.9. The van der Waals surface area contributed by atoms with Crippen LogP contribution in [0.15, 0.2) is 29.2 Å². The number of hydrogen-bond acceptors (Lipinski definition) is 2. The molecule has 17 heavy (non-hydrogen) atoms. The van der Waals surface area contributed by atoms with Crippen LogP contribution in [0.3, 0.4) is 0 Å². The topological polar surface area (TPSA) is 37.4 Å². The smallest absolute Gasteiger partial charge is 0.225 e. The highest BCUT2D eigenvalue weighted by Gasteiger charge is 2.20. The first kappa shape index (κ1) is 13.6. The summed E-state index contributed by atoms with van der Waals surface area (Å²) in [6.45, 7) is 4.27. The Morgan fingerprint density at radius 2 is 1.88 bits per heavy atom. The third kappa shape index (κ3) is 3.24. The number of benzene rings is 1. The van der Waals surface area contributed by atoms with Crippen molar-refractivity contribution in [2.24, 2.45) is 0 Å². The molecule has 0 saturated carbocycles. The average Bonchev–Trinajstić information content (AvgIpc) is 2.30. The summed E-state index contributed by atoms with van der Waals surface area (Å²) in [4.78, 5) is 0.247. The highest BCUT2D eigenvalue weighted by Crippen LogP contribution is 2.16. The molecule has 0 radical (unpaired) electrons. The highest BCUT2D eigenvalue weighted by molar-refractivity contribution is 7.89. The van der Waals surface area contributed by atoms with Crippen LogP contribution in [0.5, 0.6) is 0 Å². The minimum absolute atomic E-state index is 0.247. The maximum Gasteiger partial charge on any atom is 0.270 e. The first-order valence-corrected chi connectivity index (χ1v) is 7.02. The highest BCUT2D eigenvalue weighted by atomic mass is 32.2. The van der Waals surface area contributed by atoms with E-state index in [1.54, 1.807) is 24.3 Å². The van der Waals surface area contributed by atoms with Crippen LogP contribution in [0, 0.1) is 19.4 Å². The van der Waals surface area contributed by atoms with Crippen molar-refractivity contribution in [3.8, 4) is 12.5 Å². The largest absolute Gasteiger partial charge is 0.270 e. The van der Waals surface area contributed by atoms with Crippen LogP contribution >= 0.6 is 0 Å². The van der Waals surface area contributed by atoms with Gasteiger partial charge in [-0.25, -0.2) is 12.7 Å². The Bertz CT molecular complexity index is 497. The fourth-order valence-corrected chi connectivity index (χ4v) is 2.64. The molecule has 0 amide bonds. The Morgan fingerprint density at radius 1 is 1.29 bits per heavy atom.